The van der Waals surface area contributed by atoms with Gasteiger partial charge in [0.15, 0.2) is 0 Å². The first kappa shape index (κ1) is 15.0. The molecule has 2 saturated heterocycles. The van der Waals surface area contributed by atoms with Gasteiger partial charge in [-0.15, -0.1) is 0 Å². The van der Waals surface area contributed by atoms with E-state index in [1.165, 1.54) is 12.7 Å². The van der Waals surface area contributed by atoms with Crippen LogP contribution in [0.15, 0.2) is 41.1 Å². The van der Waals surface area contributed by atoms with Gasteiger partial charge in [-0.3, -0.25) is 0 Å². The van der Waals surface area contributed by atoms with Crippen molar-refractivity contribution in [3.05, 3.63) is 46.7 Å². The van der Waals surface area contributed by atoms with E-state index >= 15 is 0 Å². The van der Waals surface area contributed by atoms with Gasteiger partial charge >= 0.3 is 5.97 Å². The Kier molecular flexibility index (Phi) is 2.93. The number of ether oxygens (including phenoxy) is 1. The number of nitrogens with one attached hydrogen (secondary N) is 2. The summed E-state index contributed by atoms with van der Waals surface area (Å²) in [5.41, 5.74) is 4.80. The van der Waals surface area contributed by atoms with E-state index in [1.807, 2.05) is 6.07 Å². The zero-order valence-corrected chi connectivity index (χ0v) is 14.6. The number of carbonyl (C=O) groups excluding carboxylic acids is 1. The zero-order chi connectivity index (χ0) is 17.3. The van der Waals surface area contributed by atoms with Crippen LogP contribution in [0.2, 0.25) is 0 Å². The molecule has 2 fully saturated rings. The van der Waals surface area contributed by atoms with Gasteiger partial charge in [0.2, 0.25) is 0 Å². The molecule has 3 aliphatic heterocycles. The molecule has 1 aromatic rings. The maximum Gasteiger partial charge on any atom is 0.336 e. The average Bonchev–Trinajstić information content (AvgIpc) is 3.18. The molecule has 5 rings (SSSR count). The maximum atomic E-state index is 12.8. The van der Waals surface area contributed by atoms with Gasteiger partial charge in [0, 0.05) is 24.5 Å². The first-order chi connectivity index (χ1) is 12.1. The fourth-order valence-electron chi connectivity index (χ4n) is 5.89. The van der Waals surface area contributed by atoms with Gasteiger partial charge < -0.3 is 20.1 Å². The van der Waals surface area contributed by atoms with Crippen molar-refractivity contribution in [1.82, 2.24) is 0 Å². The van der Waals surface area contributed by atoms with Crippen LogP contribution in [0.5, 0.6) is 5.75 Å². The predicted octanol–water partition coefficient (Wildman–Crippen LogP) is 1.12. The lowest BCUT2D eigenvalue weighted by Gasteiger charge is -2.45. The highest BCUT2D eigenvalue weighted by atomic mass is 16.5. The van der Waals surface area contributed by atoms with Crippen molar-refractivity contribution in [1.29, 1.82) is 0 Å². The second-order valence-corrected chi connectivity index (χ2v) is 7.62. The zero-order valence-electron chi connectivity index (χ0n) is 14.6. The number of rotatable bonds is 1. The number of quaternary nitrogens is 1. The molecule has 3 N–H and O–H groups in total. The third-order valence-electron chi connectivity index (χ3n) is 6.89. The topological polar surface area (TPSA) is 63.0 Å². The summed E-state index contributed by atoms with van der Waals surface area (Å²) < 4.78 is 5.18. The standard InChI is InChI=1S/C20H22N2O3/c1-3-11-10-22-8-7-20-13-5-4-6-14(23)17(13)21-18(20)16(19(24)25-2)12(11)9-15(20)22/h3-6,12,15,21,23H,7-10H2,1-2H3/p+1/b11-3-/t12-,15-,20+/m0/s1. The van der Waals surface area contributed by atoms with Gasteiger partial charge in [-0.1, -0.05) is 18.2 Å². The van der Waals surface area contributed by atoms with E-state index in [0.29, 0.717) is 6.04 Å². The number of anilines is 1. The van der Waals surface area contributed by atoms with Crippen LogP contribution < -0.4 is 10.2 Å². The minimum atomic E-state index is -0.243. The number of phenolic OH excluding ortho intramolecular Hbond substituents is 1. The molecule has 3 heterocycles. The van der Waals surface area contributed by atoms with E-state index in [9.17, 15) is 9.90 Å². The Balaban J connectivity index is 1.83. The summed E-state index contributed by atoms with van der Waals surface area (Å²) in [6.07, 6.45) is 4.14. The Morgan fingerprint density at radius 3 is 3.08 bits per heavy atom. The summed E-state index contributed by atoms with van der Waals surface area (Å²) in [7, 11) is 1.46. The number of piperidine rings is 1. The molecule has 4 atom stereocenters. The Morgan fingerprint density at radius 2 is 2.32 bits per heavy atom. The van der Waals surface area contributed by atoms with Gasteiger partial charge in [0.05, 0.1) is 36.9 Å². The molecular formula is C20H23N2O3+. The highest BCUT2D eigenvalue weighted by Crippen LogP contribution is 2.58. The normalized spacial score (nSPS) is 36.1. The largest absolute Gasteiger partial charge is 0.506 e. The lowest BCUT2D eigenvalue weighted by atomic mass is 9.62. The number of aromatic hydroxyl groups is 1. The summed E-state index contributed by atoms with van der Waals surface area (Å²) >= 11 is 0. The number of allylic oxidation sites excluding steroid dienone is 1. The Bertz CT molecular complexity index is 856. The maximum absolute atomic E-state index is 12.8. The van der Waals surface area contributed by atoms with Crippen molar-refractivity contribution >= 4 is 11.7 Å². The van der Waals surface area contributed by atoms with Crippen molar-refractivity contribution in [3.8, 4) is 5.75 Å². The van der Waals surface area contributed by atoms with Crippen LogP contribution in [0, 0.1) is 5.92 Å². The highest BCUT2D eigenvalue weighted by Gasteiger charge is 2.65. The number of para-hydroxylation sites is 1. The lowest BCUT2D eigenvalue weighted by molar-refractivity contribution is -0.914. The van der Waals surface area contributed by atoms with E-state index in [4.69, 9.17) is 4.74 Å². The van der Waals surface area contributed by atoms with Crippen LogP contribution in [-0.2, 0) is 14.9 Å². The van der Waals surface area contributed by atoms with E-state index in [-0.39, 0.29) is 23.1 Å². The van der Waals surface area contributed by atoms with Crippen LogP contribution in [-0.4, -0.2) is 37.3 Å². The highest BCUT2D eigenvalue weighted by molar-refractivity contribution is 5.94. The molecule has 0 radical (unpaired) electrons. The molecule has 1 spiro atoms. The van der Waals surface area contributed by atoms with E-state index in [2.05, 4.69) is 24.4 Å². The molecule has 0 aromatic heterocycles. The number of methoxy groups -OCH3 is 1. The first-order valence-electron chi connectivity index (χ1n) is 9.04. The second kappa shape index (κ2) is 4.88. The minimum Gasteiger partial charge on any atom is -0.506 e. The van der Waals surface area contributed by atoms with Crippen LogP contribution in [0.4, 0.5) is 5.69 Å². The lowest BCUT2D eigenvalue weighted by Crippen LogP contribution is -3.16. The number of esters is 1. The predicted molar refractivity (Wildman–Crippen MR) is 93.4 cm³/mol. The van der Waals surface area contributed by atoms with Crippen LogP contribution >= 0.6 is 0 Å². The van der Waals surface area contributed by atoms with E-state index in [1.54, 1.807) is 11.0 Å². The molecule has 5 heteroatoms. The van der Waals surface area contributed by atoms with Gasteiger partial charge in [-0.05, 0) is 24.1 Å². The van der Waals surface area contributed by atoms with Gasteiger partial charge in [-0.2, -0.15) is 0 Å². The summed E-state index contributed by atoms with van der Waals surface area (Å²) in [6.45, 7) is 4.15. The van der Waals surface area contributed by atoms with Crippen LogP contribution in [0.3, 0.4) is 0 Å². The summed E-state index contributed by atoms with van der Waals surface area (Å²) in [5, 5.41) is 13.9. The van der Waals surface area contributed by atoms with E-state index in [0.717, 1.165) is 48.5 Å². The molecule has 5 nitrogen and oxygen atoms in total. The van der Waals surface area contributed by atoms with Gasteiger partial charge in [0.1, 0.15) is 11.8 Å². The summed E-state index contributed by atoms with van der Waals surface area (Å²) in [5.74, 6) is 0.135. The van der Waals surface area contributed by atoms with E-state index < -0.39 is 0 Å². The molecule has 1 aliphatic carbocycles. The molecule has 0 amide bonds. The molecule has 1 unspecified atom stereocenters. The van der Waals surface area contributed by atoms with Crippen molar-refractivity contribution in [2.24, 2.45) is 5.92 Å². The van der Waals surface area contributed by atoms with Crippen LogP contribution in [0.1, 0.15) is 25.3 Å². The number of phenols is 1. The Hall–Kier alpha value is -2.27. The molecule has 0 saturated carbocycles. The van der Waals surface area contributed by atoms with Gasteiger partial charge in [-0.25, -0.2) is 4.79 Å². The molecule has 4 aliphatic rings. The number of fused-ring (bicyclic) bond motifs is 2. The third-order valence-corrected chi connectivity index (χ3v) is 6.89. The number of hydrogen-bond acceptors (Lipinski definition) is 4. The second-order valence-electron chi connectivity index (χ2n) is 7.62. The van der Waals surface area contributed by atoms with Crippen molar-refractivity contribution in [2.45, 2.75) is 31.2 Å². The fourth-order valence-corrected chi connectivity index (χ4v) is 5.89. The first-order valence-corrected chi connectivity index (χ1v) is 9.04. The molecule has 25 heavy (non-hydrogen) atoms. The minimum absolute atomic E-state index is 0.122. The number of benzene rings is 1. The third kappa shape index (κ3) is 1.64. The molecule has 130 valence electrons. The molecular weight excluding hydrogens is 316 g/mol. The molecule has 2 bridgehead atoms. The Labute approximate surface area is 147 Å². The smallest absolute Gasteiger partial charge is 0.336 e. The van der Waals surface area contributed by atoms with Crippen LogP contribution in [0.25, 0.3) is 0 Å². The average molecular weight is 339 g/mol. The number of hydrogen-bond donors (Lipinski definition) is 3. The quantitative estimate of drug-likeness (QED) is 0.408. The monoisotopic (exact) mass is 339 g/mol. The van der Waals surface area contributed by atoms with Gasteiger partial charge in [0.25, 0.3) is 0 Å². The van der Waals surface area contributed by atoms with Crippen molar-refractivity contribution < 1.29 is 19.5 Å². The SMILES string of the molecule is C/C=C1/C[NH+]2CC[C@]34C(=C(C(=O)OC)[C@H]1C[C@H]23)Nc1c(O)cccc14. The number of carbonyl (C=O) groups is 1. The fraction of sp³-hybridized carbons (Fsp3) is 0.450. The van der Waals surface area contributed by atoms with Crippen molar-refractivity contribution in [3.63, 3.8) is 0 Å². The summed E-state index contributed by atoms with van der Waals surface area (Å²) in [4.78, 5) is 14.4. The molecule has 1 aromatic carbocycles. The summed E-state index contributed by atoms with van der Waals surface area (Å²) in [6, 6.07) is 6.18. The van der Waals surface area contributed by atoms with Crippen molar-refractivity contribution in [2.75, 3.05) is 25.5 Å². The Morgan fingerprint density at radius 1 is 1.48 bits per heavy atom.